The van der Waals surface area contributed by atoms with Gasteiger partial charge < -0.3 is 10.1 Å². The highest BCUT2D eigenvalue weighted by Crippen LogP contribution is 2.27. The number of nitrogens with zero attached hydrogens (tertiary/aromatic N) is 3. The van der Waals surface area contributed by atoms with E-state index in [9.17, 15) is 0 Å². The highest BCUT2D eigenvalue weighted by molar-refractivity contribution is 5.32. The zero-order chi connectivity index (χ0) is 14.5. The van der Waals surface area contributed by atoms with Crippen LogP contribution in [0, 0.1) is 11.3 Å². The van der Waals surface area contributed by atoms with E-state index in [-0.39, 0.29) is 5.69 Å². The normalized spacial score (nSPS) is 15.4. The number of benzene rings is 1. The van der Waals surface area contributed by atoms with Crippen molar-refractivity contribution in [2.45, 2.75) is 18.8 Å². The molecule has 0 bridgehead atoms. The molecule has 0 saturated carbocycles. The first-order chi connectivity index (χ1) is 10.3. The summed E-state index contributed by atoms with van der Waals surface area (Å²) < 4.78 is 5.62. The first-order valence-electron chi connectivity index (χ1n) is 7.07. The third kappa shape index (κ3) is 3.36. The van der Waals surface area contributed by atoms with Crippen molar-refractivity contribution < 1.29 is 4.74 Å². The summed E-state index contributed by atoms with van der Waals surface area (Å²) in [5.74, 6) is 1.75. The molecular weight excluding hydrogens is 264 g/mol. The largest absolute Gasteiger partial charge is 0.438 e. The lowest BCUT2D eigenvalue weighted by atomic mass is 9.90. The molecule has 3 rings (SSSR count). The van der Waals surface area contributed by atoms with Crippen LogP contribution in [0.15, 0.2) is 36.4 Å². The van der Waals surface area contributed by atoms with Crippen LogP contribution in [0.5, 0.6) is 11.6 Å². The molecule has 0 spiro atoms. The molecule has 5 nitrogen and oxygen atoms in total. The van der Waals surface area contributed by atoms with E-state index in [1.807, 2.05) is 18.2 Å². The van der Waals surface area contributed by atoms with Gasteiger partial charge in [-0.05, 0) is 55.6 Å². The van der Waals surface area contributed by atoms with Crippen LogP contribution in [0.3, 0.4) is 0 Å². The predicted molar refractivity (Wildman–Crippen MR) is 78.1 cm³/mol. The molecule has 2 heterocycles. The van der Waals surface area contributed by atoms with Crippen molar-refractivity contribution in [2.75, 3.05) is 13.1 Å². The van der Waals surface area contributed by atoms with E-state index in [0.29, 0.717) is 11.8 Å². The summed E-state index contributed by atoms with van der Waals surface area (Å²) in [7, 11) is 0. The first-order valence-corrected chi connectivity index (χ1v) is 7.07. The molecule has 0 aliphatic carbocycles. The number of aromatic nitrogens is 2. The van der Waals surface area contributed by atoms with Crippen LogP contribution in [0.4, 0.5) is 0 Å². The molecule has 1 aromatic carbocycles. The molecule has 1 saturated heterocycles. The summed E-state index contributed by atoms with van der Waals surface area (Å²) in [6.45, 7) is 2.17. The molecule has 0 atom stereocenters. The van der Waals surface area contributed by atoms with Crippen LogP contribution in [0.1, 0.15) is 30.0 Å². The van der Waals surface area contributed by atoms with Gasteiger partial charge in [0.25, 0.3) is 0 Å². The van der Waals surface area contributed by atoms with Crippen LogP contribution < -0.4 is 10.1 Å². The highest BCUT2D eigenvalue weighted by Gasteiger charge is 2.14. The van der Waals surface area contributed by atoms with Crippen LogP contribution in [0.25, 0.3) is 0 Å². The fraction of sp³-hybridized carbons (Fsp3) is 0.312. The van der Waals surface area contributed by atoms with E-state index in [4.69, 9.17) is 10.00 Å². The lowest BCUT2D eigenvalue weighted by Crippen LogP contribution is -2.26. The minimum Gasteiger partial charge on any atom is -0.438 e. The Kier molecular flexibility index (Phi) is 4.08. The van der Waals surface area contributed by atoms with Gasteiger partial charge in [0.2, 0.25) is 5.88 Å². The predicted octanol–water partition coefficient (Wildman–Crippen LogP) is 2.61. The SMILES string of the molecule is N#Cc1ccc(Oc2ccc(C3CCNCC3)cc2)nn1. The summed E-state index contributed by atoms with van der Waals surface area (Å²) >= 11 is 0. The van der Waals surface area contributed by atoms with Gasteiger partial charge in [0.15, 0.2) is 5.69 Å². The molecule has 0 radical (unpaired) electrons. The minimum absolute atomic E-state index is 0.281. The summed E-state index contributed by atoms with van der Waals surface area (Å²) in [4.78, 5) is 0. The summed E-state index contributed by atoms with van der Waals surface area (Å²) in [6, 6.07) is 13.3. The van der Waals surface area contributed by atoms with E-state index < -0.39 is 0 Å². The Labute approximate surface area is 123 Å². The van der Waals surface area contributed by atoms with Gasteiger partial charge in [0.1, 0.15) is 11.8 Å². The van der Waals surface area contributed by atoms with Crippen molar-refractivity contribution >= 4 is 0 Å². The smallest absolute Gasteiger partial charge is 0.238 e. The van der Waals surface area contributed by atoms with Gasteiger partial charge in [-0.15, -0.1) is 10.2 Å². The maximum atomic E-state index is 8.67. The van der Waals surface area contributed by atoms with Gasteiger partial charge in [-0.25, -0.2) is 0 Å². The summed E-state index contributed by atoms with van der Waals surface area (Å²) in [5.41, 5.74) is 1.64. The number of rotatable bonds is 3. The van der Waals surface area contributed by atoms with Crippen molar-refractivity contribution in [3.8, 4) is 17.7 Å². The zero-order valence-electron chi connectivity index (χ0n) is 11.6. The van der Waals surface area contributed by atoms with Crippen LogP contribution in [0.2, 0.25) is 0 Å². The van der Waals surface area contributed by atoms with E-state index in [1.165, 1.54) is 18.4 Å². The van der Waals surface area contributed by atoms with Gasteiger partial charge in [0.05, 0.1) is 0 Å². The monoisotopic (exact) mass is 280 g/mol. The van der Waals surface area contributed by atoms with Gasteiger partial charge >= 0.3 is 0 Å². The highest BCUT2D eigenvalue weighted by atomic mass is 16.5. The molecule has 1 aliphatic heterocycles. The fourth-order valence-corrected chi connectivity index (χ4v) is 2.52. The Morgan fingerprint density at radius 3 is 2.43 bits per heavy atom. The number of nitriles is 1. The second kappa shape index (κ2) is 6.33. The Hall–Kier alpha value is -2.45. The summed E-state index contributed by atoms with van der Waals surface area (Å²) in [5, 5.41) is 19.6. The molecule has 21 heavy (non-hydrogen) atoms. The van der Waals surface area contributed by atoms with Crippen molar-refractivity contribution in [3.05, 3.63) is 47.7 Å². The maximum Gasteiger partial charge on any atom is 0.238 e. The second-order valence-electron chi connectivity index (χ2n) is 5.06. The van der Waals surface area contributed by atoms with Gasteiger partial charge in [-0.2, -0.15) is 5.26 Å². The zero-order valence-corrected chi connectivity index (χ0v) is 11.6. The fourth-order valence-electron chi connectivity index (χ4n) is 2.52. The molecular formula is C16H16N4O. The third-order valence-electron chi connectivity index (χ3n) is 3.67. The van der Waals surface area contributed by atoms with Crippen molar-refractivity contribution in [1.29, 1.82) is 5.26 Å². The molecule has 106 valence electrons. The van der Waals surface area contributed by atoms with Gasteiger partial charge in [-0.3, -0.25) is 0 Å². The third-order valence-corrected chi connectivity index (χ3v) is 3.67. The molecule has 5 heteroatoms. The number of nitrogens with one attached hydrogen (secondary N) is 1. The van der Waals surface area contributed by atoms with E-state index in [1.54, 1.807) is 12.1 Å². The Morgan fingerprint density at radius 2 is 1.81 bits per heavy atom. The molecule has 1 fully saturated rings. The van der Waals surface area contributed by atoms with Crippen molar-refractivity contribution in [2.24, 2.45) is 0 Å². The minimum atomic E-state index is 0.281. The number of ether oxygens (including phenoxy) is 1. The van der Waals surface area contributed by atoms with Gasteiger partial charge in [0, 0.05) is 6.07 Å². The Morgan fingerprint density at radius 1 is 1.05 bits per heavy atom. The number of hydrogen-bond donors (Lipinski definition) is 1. The standard InChI is InChI=1S/C16H16N4O/c17-11-14-3-6-16(20-19-14)21-15-4-1-12(2-5-15)13-7-9-18-10-8-13/h1-6,13,18H,7-10H2. The van der Waals surface area contributed by atoms with Crippen molar-refractivity contribution in [3.63, 3.8) is 0 Å². The first kappa shape index (κ1) is 13.5. The average molecular weight is 280 g/mol. The second-order valence-corrected chi connectivity index (χ2v) is 5.06. The Bertz CT molecular complexity index is 625. The van der Waals surface area contributed by atoms with E-state index in [2.05, 4.69) is 27.6 Å². The van der Waals surface area contributed by atoms with E-state index in [0.717, 1.165) is 18.8 Å². The molecule has 1 aliphatic rings. The Balaban J connectivity index is 1.67. The quantitative estimate of drug-likeness (QED) is 0.935. The van der Waals surface area contributed by atoms with Crippen molar-refractivity contribution in [1.82, 2.24) is 15.5 Å². The van der Waals surface area contributed by atoms with Crippen LogP contribution >= 0.6 is 0 Å². The van der Waals surface area contributed by atoms with Crippen LogP contribution in [-0.2, 0) is 0 Å². The van der Waals surface area contributed by atoms with E-state index >= 15 is 0 Å². The maximum absolute atomic E-state index is 8.67. The van der Waals surface area contributed by atoms with Crippen LogP contribution in [-0.4, -0.2) is 23.3 Å². The lowest BCUT2D eigenvalue weighted by molar-refractivity contribution is 0.450. The average Bonchev–Trinajstić information content (AvgIpc) is 2.57. The molecule has 2 aromatic rings. The lowest BCUT2D eigenvalue weighted by Gasteiger charge is -2.23. The molecule has 0 unspecified atom stereocenters. The number of hydrogen-bond acceptors (Lipinski definition) is 5. The summed E-state index contributed by atoms with van der Waals surface area (Å²) in [6.07, 6.45) is 2.36. The molecule has 0 amide bonds. The molecule has 1 aromatic heterocycles. The topological polar surface area (TPSA) is 70.8 Å². The van der Waals surface area contributed by atoms with Gasteiger partial charge in [-0.1, -0.05) is 12.1 Å². The number of piperidine rings is 1. The molecule has 1 N–H and O–H groups in total.